The van der Waals surface area contributed by atoms with E-state index in [0.717, 1.165) is 47.3 Å². The van der Waals surface area contributed by atoms with E-state index in [9.17, 15) is 0 Å². The van der Waals surface area contributed by atoms with E-state index in [2.05, 4.69) is 22.5 Å². The summed E-state index contributed by atoms with van der Waals surface area (Å²) < 4.78 is 16.6. The molecule has 3 rings (SSSR count). The van der Waals surface area contributed by atoms with Crippen LogP contribution in [0, 0.1) is 0 Å². The first-order valence-corrected chi connectivity index (χ1v) is 9.32. The monoisotopic (exact) mass is 369 g/mol. The summed E-state index contributed by atoms with van der Waals surface area (Å²) in [5.41, 5.74) is 2.25. The minimum absolute atomic E-state index is 0.564. The predicted octanol–water partition coefficient (Wildman–Crippen LogP) is 3.11. The molecule has 0 radical (unpaired) electrons. The van der Waals surface area contributed by atoms with E-state index in [4.69, 9.17) is 14.2 Å². The molecule has 1 aliphatic heterocycles. The van der Waals surface area contributed by atoms with Gasteiger partial charge in [0.1, 0.15) is 5.75 Å². The molecule has 2 aromatic rings. The number of hydrogen-bond donors (Lipinski definition) is 2. The number of rotatable bonds is 6. The number of nitrogens with one attached hydrogen (secondary N) is 2. The third-order valence-corrected chi connectivity index (χ3v) is 4.19. The second-order valence-corrected chi connectivity index (χ2v) is 6.23. The first-order chi connectivity index (χ1) is 13.3. The highest BCUT2D eigenvalue weighted by Crippen LogP contribution is 2.30. The third kappa shape index (κ3) is 5.54. The van der Waals surface area contributed by atoms with Crippen LogP contribution in [0.3, 0.4) is 0 Å². The quantitative estimate of drug-likeness (QED) is 0.605. The summed E-state index contributed by atoms with van der Waals surface area (Å²) in [7, 11) is 1.67. The number of methoxy groups -OCH3 is 1. The number of nitrogens with zero attached hydrogens (tertiary/aromatic N) is 1. The molecule has 144 valence electrons. The fraction of sp³-hybridized carbons (Fsp3) is 0.381. The molecule has 0 atom stereocenters. The third-order valence-electron chi connectivity index (χ3n) is 4.19. The number of benzene rings is 2. The van der Waals surface area contributed by atoms with Crippen LogP contribution in [0.1, 0.15) is 24.5 Å². The molecule has 1 heterocycles. The van der Waals surface area contributed by atoms with Crippen LogP contribution < -0.4 is 24.8 Å². The summed E-state index contributed by atoms with van der Waals surface area (Å²) in [6.45, 7) is 5.50. The number of guanidine groups is 1. The zero-order valence-corrected chi connectivity index (χ0v) is 16.0. The average Bonchev–Trinajstić information content (AvgIpc) is 2.95. The Morgan fingerprint density at radius 1 is 1.00 bits per heavy atom. The summed E-state index contributed by atoms with van der Waals surface area (Å²) in [6, 6.07) is 14.0. The van der Waals surface area contributed by atoms with E-state index in [0.29, 0.717) is 26.3 Å². The molecular formula is C21H27N3O3. The van der Waals surface area contributed by atoms with Gasteiger partial charge < -0.3 is 24.8 Å². The number of hydrogen-bond acceptors (Lipinski definition) is 4. The molecule has 0 aromatic heterocycles. The van der Waals surface area contributed by atoms with Crippen molar-refractivity contribution >= 4 is 5.96 Å². The standard InChI is InChI=1S/C21H27N3O3/c1-3-22-21(23-14-16-5-8-18(25-2)9-6-16)24-15-17-7-10-19-20(13-17)27-12-4-11-26-19/h5-10,13H,3-4,11-12,14-15H2,1-2H3,(H2,22,23,24). The van der Waals surface area contributed by atoms with Crippen LogP contribution in [-0.4, -0.2) is 32.8 Å². The zero-order chi connectivity index (χ0) is 18.9. The Morgan fingerprint density at radius 3 is 2.48 bits per heavy atom. The van der Waals surface area contributed by atoms with Crippen molar-refractivity contribution in [3.63, 3.8) is 0 Å². The summed E-state index contributed by atoms with van der Waals surface area (Å²) in [5, 5.41) is 6.64. The van der Waals surface area contributed by atoms with Gasteiger partial charge in [0.25, 0.3) is 0 Å². The molecule has 6 nitrogen and oxygen atoms in total. The lowest BCUT2D eigenvalue weighted by molar-refractivity contribution is 0.297. The summed E-state index contributed by atoms with van der Waals surface area (Å²) >= 11 is 0. The van der Waals surface area contributed by atoms with Gasteiger partial charge in [-0.2, -0.15) is 0 Å². The minimum atomic E-state index is 0.564. The molecule has 0 amide bonds. The van der Waals surface area contributed by atoms with Gasteiger partial charge in [-0.25, -0.2) is 4.99 Å². The number of aliphatic imine (C=N–C) groups is 1. The molecule has 0 saturated heterocycles. The summed E-state index contributed by atoms with van der Waals surface area (Å²) in [6.07, 6.45) is 0.905. The highest BCUT2D eigenvalue weighted by molar-refractivity contribution is 5.79. The maximum Gasteiger partial charge on any atom is 0.191 e. The number of fused-ring (bicyclic) bond motifs is 1. The Morgan fingerprint density at radius 2 is 1.74 bits per heavy atom. The molecule has 6 heteroatoms. The molecule has 27 heavy (non-hydrogen) atoms. The highest BCUT2D eigenvalue weighted by atomic mass is 16.5. The Hall–Kier alpha value is -2.89. The fourth-order valence-electron chi connectivity index (χ4n) is 2.75. The van der Waals surface area contributed by atoms with E-state index in [-0.39, 0.29) is 0 Å². The molecule has 0 spiro atoms. The van der Waals surface area contributed by atoms with Crippen molar-refractivity contribution < 1.29 is 14.2 Å². The van der Waals surface area contributed by atoms with Gasteiger partial charge in [-0.3, -0.25) is 0 Å². The topological polar surface area (TPSA) is 64.1 Å². The minimum Gasteiger partial charge on any atom is -0.497 e. The van der Waals surface area contributed by atoms with E-state index in [1.807, 2.05) is 42.5 Å². The van der Waals surface area contributed by atoms with Crippen LogP contribution in [0.5, 0.6) is 17.2 Å². The maximum absolute atomic E-state index is 5.75. The van der Waals surface area contributed by atoms with Gasteiger partial charge in [0.2, 0.25) is 0 Å². The molecule has 0 aliphatic carbocycles. The summed E-state index contributed by atoms with van der Waals surface area (Å²) in [4.78, 5) is 4.68. The van der Waals surface area contributed by atoms with Crippen molar-refractivity contribution in [3.8, 4) is 17.2 Å². The molecule has 1 aliphatic rings. The predicted molar refractivity (Wildman–Crippen MR) is 107 cm³/mol. The Balaban J connectivity index is 1.62. The SMILES string of the molecule is CCNC(=NCc1ccc2c(c1)OCCCO2)NCc1ccc(OC)cc1. The lowest BCUT2D eigenvalue weighted by atomic mass is 10.2. The number of ether oxygens (including phenoxy) is 3. The maximum atomic E-state index is 5.75. The van der Waals surface area contributed by atoms with Gasteiger partial charge in [0.05, 0.1) is 26.9 Å². The van der Waals surface area contributed by atoms with Crippen LogP contribution >= 0.6 is 0 Å². The van der Waals surface area contributed by atoms with Crippen LogP contribution in [0.15, 0.2) is 47.5 Å². The van der Waals surface area contributed by atoms with E-state index < -0.39 is 0 Å². The Labute approximate surface area is 160 Å². The first-order valence-electron chi connectivity index (χ1n) is 9.32. The van der Waals surface area contributed by atoms with Crippen molar-refractivity contribution in [2.24, 2.45) is 4.99 Å². The molecular weight excluding hydrogens is 342 g/mol. The fourth-order valence-corrected chi connectivity index (χ4v) is 2.75. The molecule has 0 fully saturated rings. The Kier molecular flexibility index (Phi) is 6.79. The van der Waals surface area contributed by atoms with Crippen molar-refractivity contribution in [3.05, 3.63) is 53.6 Å². The van der Waals surface area contributed by atoms with Crippen molar-refractivity contribution in [2.75, 3.05) is 26.9 Å². The van der Waals surface area contributed by atoms with E-state index in [1.165, 1.54) is 0 Å². The largest absolute Gasteiger partial charge is 0.497 e. The van der Waals surface area contributed by atoms with Crippen LogP contribution in [0.4, 0.5) is 0 Å². The van der Waals surface area contributed by atoms with E-state index in [1.54, 1.807) is 7.11 Å². The molecule has 2 N–H and O–H groups in total. The van der Waals surface area contributed by atoms with Gasteiger partial charge in [0.15, 0.2) is 17.5 Å². The van der Waals surface area contributed by atoms with Crippen LogP contribution in [0.2, 0.25) is 0 Å². The molecule has 2 aromatic carbocycles. The van der Waals surface area contributed by atoms with E-state index >= 15 is 0 Å². The second kappa shape index (κ2) is 9.71. The van der Waals surface area contributed by atoms with Crippen molar-refractivity contribution in [1.29, 1.82) is 0 Å². The van der Waals surface area contributed by atoms with Crippen LogP contribution in [0.25, 0.3) is 0 Å². The van der Waals surface area contributed by atoms with Crippen molar-refractivity contribution in [2.45, 2.75) is 26.4 Å². The lowest BCUT2D eigenvalue weighted by Crippen LogP contribution is -2.36. The zero-order valence-electron chi connectivity index (χ0n) is 16.0. The highest BCUT2D eigenvalue weighted by Gasteiger charge is 2.10. The lowest BCUT2D eigenvalue weighted by Gasteiger charge is -2.12. The van der Waals surface area contributed by atoms with Gasteiger partial charge >= 0.3 is 0 Å². The second-order valence-electron chi connectivity index (χ2n) is 6.23. The first kappa shape index (κ1) is 18.9. The smallest absolute Gasteiger partial charge is 0.191 e. The molecule has 0 unspecified atom stereocenters. The van der Waals surface area contributed by atoms with Crippen molar-refractivity contribution in [1.82, 2.24) is 10.6 Å². The summed E-state index contributed by atoms with van der Waals surface area (Å²) in [5.74, 6) is 3.25. The normalized spacial score (nSPS) is 13.6. The van der Waals surface area contributed by atoms with Gasteiger partial charge in [-0.15, -0.1) is 0 Å². The van der Waals surface area contributed by atoms with Gasteiger partial charge in [-0.1, -0.05) is 18.2 Å². The molecule has 0 bridgehead atoms. The Bertz CT molecular complexity index is 760. The van der Waals surface area contributed by atoms with Gasteiger partial charge in [-0.05, 0) is 42.3 Å². The molecule has 0 saturated carbocycles. The van der Waals surface area contributed by atoms with Gasteiger partial charge in [0, 0.05) is 19.5 Å². The van der Waals surface area contributed by atoms with Crippen LogP contribution in [-0.2, 0) is 13.1 Å². The average molecular weight is 369 g/mol.